The Kier molecular flexibility index (Phi) is 37.4. The molecule has 0 aliphatic rings. The van der Waals surface area contributed by atoms with Crippen LogP contribution in [0.3, 0.4) is 0 Å². The fourth-order valence-electron chi connectivity index (χ4n) is 5.36. The van der Waals surface area contributed by atoms with Crippen LogP contribution in [-0.4, -0.2) is 17.0 Å². The fraction of sp³-hybridized carbons (Fsp3) is 0.630. The lowest BCUT2D eigenvalue weighted by molar-refractivity contribution is -0.109. The number of carbonyl (C=O) groups excluding carboxylic acids is 1. The van der Waals surface area contributed by atoms with Gasteiger partial charge in [0.25, 0.3) is 0 Å². The number of aliphatic hydroxyl groups excluding tert-OH is 1. The summed E-state index contributed by atoms with van der Waals surface area (Å²) in [6.07, 6.45) is 59.8. The summed E-state index contributed by atoms with van der Waals surface area (Å²) < 4.78 is 0. The van der Waals surface area contributed by atoms with Gasteiger partial charge in [-0.05, 0) is 108 Å². The molecule has 264 valence electrons. The summed E-state index contributed by atoms with van der Waals surface area (Å²) in [4.78, 5) is 11.0. The van der Waals surface area contributed by atoms with E-state index in [1.54, 1.807) is 0 Å². The minimum atomic E-state index is -0.820. The zero-order valence-electron chi connectivity index (χ0n) is 30.5. The van der Waals surface area contributed by atoms with E-state index < -0.39 is 6.10 Å². The SMILES string of the molecule is C#CC=CCCCCCCCCCCCCCCC=CCCCCC#CC(O)C#CCCCCC=CCCCCCCC=CC(=O)C#C. The molecule has 0 rings (SSSR count). The summed E-state index contributed by atoms with van der Waals surface area (Å²) in [7, 11) is 0. The Morgan fingerprint density at radius 1 is 0.479 bits per heavy atom. The molecule has 0 aromatic carbocycles. The summed E-state index contributed by atoms with van der Waals surface area (Å²) >= 11 is 0. The monoisotopic (exact) mass is 653 g/mol. The molecule has 2 nitrogen and oxygen atoms in total. The molecule has 48 heavy (non-hydrogen) atoms. The van der Waals surface area contributed by atoms with Gasteiger partial charge in [-0.2, -0.15) is 0 Å². The Morgan fingerprint density at radius 3 is 1.19 bits per heavy atom. The number of terminal acetylenes is 2. The number of rotatable bonds is 31. The van der Waals surface area contributed by atoms with E-state index in [1.807, 2.05) is 12.2 Å². The smallest absolute Gasteiger partial charge is 0.228 e. The Balaban J connectivity index is 3.44. The second-order valence-electron chi connectivity index (χ2n) is 12.8. The number of unbranched alkanes of at least 4 members (excludes halogenated alkanes) is 24. The maximum Gasteiger partial charge on any atom is 0.228 e. The van der Waals surface area contributed by atoms with Crippen molar-refractivity contribution in [3.8, 4) is 48.4 Å². The van der Waals surface area contributed by atoms with Gasteiger partial charge in [0.1, 0.15) is 0 Å². The van der Waals surface area contributed by atoms with Crippen molar-refractivity contribution in [2.75, 3.05) is 0 Å². The average molecular weight is 653 g/mol. The van der Waals surface area contributed by atoms with Gasteiger partial charge in [0.05, 0.1) is 0 Å². The Labute approximate surface area is 297 Å². The van der Waals surface area contributed by atoms with Crippen molar-refractivity contribution in [2.45, 2.75) is 186 Å². The molecule has 0 radical (unpaired) electrons. The zero-order chi connectivity index (χ0) is 34.9. The topological polar surface area (TPSA) is 37.3 Å². The molecule has 0 saturated carbocycles. The van der Waals surface area contributed by atoms with Crippen molar-refractivity contribution in [3.63, 3.8) is 0 Å². The third kappa shape index (κ3) is 39.0. The van der Waals surface area contributed by atoms with Crippen molar-refractivity contribution in [3.05, 3.63) is 48.6 Å². The van der Waals surface area contributed by atoms with Crippen molar-refractivity contribution < 1.29 is 9.90 Å². The van der Waals surface area contributed by atoms with E-state index in [1.165, 1.54) is 109 Å². The van der Waals surface area contributed by atoms with Crippen LogP contribution in [0.1, 0.15) is 180 Å². The zero-order valence-corrected chi connectivity index (χ0v) is 30.5. The van der Waals surface area contributed by atoms with Gasteiger partial charge in [-0.15, -0.1) is 12.8 Å². The number of carbonyl (C=O) groups is 1. The summed E-state index contributed by atoms with van der Waals surface area (Å²) in [6.45, 7) is 0. The predicted octanol–water partition coefficient (Wildman–Crippen LogP) is 12.3. The Morgan fingerprint density at radius 2 is 0.812 bits per heavy atom. The van der Waals surface area contributed by atoms with E-state index in [-0.39, 0.29) is 5.78 Å². The minimum Gasteiger partial charge on any atom is -0.369 e. The van der Waals surface area contributed by atoms with E-state index >= 15 is 0 Å². The van der Waals surface area contributed by atoms with Crippen molar-refractivity contribution in [1.82, 2.24) is 0 Å². The first-order valence-corrected chi connectivity index (χ1v) is 19.4. The highest BCUT2D eigenvalue weighted by Crippen LogP contribution is 2.13. The van der Waals surface area contributed by atoms with Crippen LogP contribution in [0.5, 0.6) is 0 Å². The third-order valence-electron chi connectivity index (χ3n) is 8.26. The van der Waals surface area contributed by atoms with Crippen LogP contribution >= 0.6 is 0 Å². The molecule has 0 fully saturated rings. The standard InChI is InChI=1S/C46H68O2/c1-3-5-6-7-8-9-10-11-12-13-14-15-16-17-18-19-20-21-25-28-31-34-37-40-43-46(48)44-41-38-35-32-29-26-23-22-24-27-30-33-36-39-42-45(47)4-2/h1-2,5-6,21,23,25-26,39,42,46,48H,7-20,22,24,27-38H2. The number of ketones is 1. The molecule has 0 spiro atoms. The summed E-state index contributed by atoms with van der Waals surface area (Å²) in [6, 6.07) is 0. The van der Waals surface area contributed by atoms with Crippen LogP contribution in [0.2, 0.25) is 0 Å². The summed E-state index contributed by atoms with van der Waals surface area (Å²) in [5.41, 5.74) is 0. The predicted molar refractivity (Wildman–Crippen MR) is 210 cm³/mol. The van der Waals surface area contributed by atoms with Crippen molar-refractivity contribution in [2.24, 2.45) is 0 Å². The molecule has 0 aromatic heterocycles. The molecule has 0 aromatic rings. The Bertz CT molecular complexity index is 1070. The fourth-order valence-corrected chi connectivity index (χ4v) is 5.36. The maximum atomic E-state index is 11.0. The van der Waals surface area contributed by atoms with Crippen molar-refractivity contribution >= 4 is 5.78 Å². The summed E-state index contributed by atoms with van der Waals surface area (Å²) in [5, 5.41) is 9.96. The van der Waals surface area contributed by atoms with E-state index in [0.717, 1.165) is 77.0 Å². The molecule has 0 heterocycles. The molecule has 0 aliphatic heterocycles. The van der Waals surface area contributed by atoms with Crippen LogP contribution in [-0.2, 0) is 4.79 Å². The largest absolute Gasteiger partial charge is 0.369 e. The number of aliphatic hydroxyl groups is 1. The van der Waals surface area contributed by atoms with Gasteiger partial charge in [0.15, 0.2) is 6.10 Å². The van der Waals surface area contributed by atoms with E-state index in [4.69, 9.17) is 12.8 Å². The molecular formula is C46H68O2. The maximum absolute atomic E-state index is 11.0. The van der Waals surface area contributed by atoms with Gasteiger partial charge in [0, 0.05) is 12.8 Å². The van der Waals surface area contributed by atoms with Gasteiger partial charge in [-0.3, -0.25) is 4.79 Å². The first-order valence-electron chi connectivity index (χ1n) is 19.4. The molecule has 1 N–H and O–H groups in total. The first kappa shape index (κ1) is 44.8. The quantitative estimate of drug-likeness (QED) is 0.0266. The van der Waals surface area contributed by atoms with E-state index in [9.17, 15) is 9.90 Å². The molecule has 0 amide bonds. The molecular weight excluding hydrogens is 585 g/mol. The highest BCUT2D eigenvalue weighted by atomic mass is 16.3. The lowest BCUT2D eigenvalue weighted by Crippen LogP contribution is -1.97. The summed E-state index contributed by atoms with van der Waals surface area (Å²) in [5.74, 6) is 16.3. The second-order valence-corrected chi connectivity index (χ2v) is 12.8. The molecule has 0 aliphatic carbocycles. The third-order valence-corrected chi connectivity index (χ3v) is 8.26. The van der Waals surface area contributed by atoms with Gasteiger partial charge < -0.3 is 5.11 Å². The van der Waals surface area contributed by atoms with Crippen molar-refractivity contribution in [1.29, 1.82) is 0 Å². The van der Waals surface area contributed by atoms with E-state index in [2.05, 4.69) is 65.9 Å². The minimum absolute atomic E-state index is 0.248. The normalized spacial score (nSPS) is 11.8. The number of hydrogen-bond acceptors (Lipinski definition) is 2. The second kappa shape index (κ2) is 40.0. The van der Waals surface area contributed by atoms with Gasteiger partial charge in [-0.25, -0.2) is 0 Å². The van der Waals surface area contributed by atoms with Crippen LogP contribution in [0, 0.1) is 48.4 Å². The van der Waals surface area contributed by atoms with Crippen LogP contribution in [0.15, 0.2) is 48.6 Å². The van der Waals surface area contributed by atoms with Crippen LogP contribution in [0.4, 0.5) is 0 Å². The lowest BCUT2D eigenvalue weighted by atomic mass is 10.0. The van der Waals surface area contributed by atoms with Gasteiger partial charge >= 0.3 is 0 Å². The van der Waals surface area contributed by atoms with Gasteiger partial charge in [0.2, 0.25) is 5.78 Å². The van der Waals surface area contributed by atoms with Crippen LogP contribution < -0.4 is 0 Å². The first-order chi connectivity index (χ1) is 23.7. The highest BCUT2D eigenvalue weighted by Gasteiger charge is 1.95. The van der Waals surface area contributed by atoms with Crippen LogP contribution in [0.25, 0.3) is 0 Å². The average Bonchev–Trinajstić information content (AvgIpc) is 3.09. The molecule has 0 saturated heterocycles. The van der Waals surface area contributed by atoms with Gasteiger partial charge in [-0.1, -0.05) is 143 Å². The molecule has 1 unspecified atom stereocenters. The number of allylic oxidation sites excluding steroid dienone is 8. The molecule has 0 bridgehead atoms. The highest BCUT2D eigenvalue weighted by molar-refractivity contribution is 6.03. The lowest BCUT2D eigenvalue weighted by Gasteiger charge is -2.02. The Hall–Kier alpha value is -3.17. The molecule has 1 atom stereocenters. The molecule has 2 heteroatoms. The number of hydrogen-bond donors (Lipinski definition) is 1. The van der Waals surface area contributed by atoms with E-state index in [0.29, 0.717) is 0 Å².